The second-order valence-corrected chi connectivity index (χ2v) is 4.62. The molecule has 2 aromatic rings. The maximum absolute atomic E-state index is 6.09. The van der Waals surface area contributed by atoms with Gasteiger partial charge in [-0.3, -0.25) is 0 Å². The van der Waals surface area contributed by atoms with Crippen molar-refractivity contribution >= 4 is 23.2 Å². The van der Waals surface area contributed by atoms with Gasteiger partial charge in [-0.2, -0.15) is 0 Å². The SMILES string of the molecule is COCc1cccc(Oc2ncc(CCl)cc2Cl)c1. The van der Waals surface area contributed by atoms with Gasteiger partial charge in [-0.1, -0.05) is 23.7 Å². The van der Waals surface area contributed by atoms with E-state index < -0.39 is 0 Å². The van der Waals surface area contributed by atoms with E-state index in [1.165, 1.54) is 0 Å². The fourth-order valence-electron chi connectivity index (χ4n) is 1.59. The Bertz CT molecular complexity index is 561. The molecule has 19 heavy (non-hydrogen) atoms. The van der Waals surface area contributed by atoms with Gasteiger partial charge in [0.05, 0.1) is 6.61 Å². The number of hydrogen-bond acceptors (Lipinski definition) is 3. The Balaban J connectivity index is 2.18. The molecule has 0 saturated heterocycles. The van der Waals surface area contributed by atoms with Crippen LogP contribution in [-0.2, 0) is 17.2 Å². The number of alkyl halides is 1. The van der Waals surface area contributed by atoms with Crippen molar-refractivity contribution in [3.05, 3.63) is 52.7 Å². The predicted molar refractivity (Wildman–Crippen MR) is 76.0 cm³/mol. The van der Waals surface area contributed by atoms with Crippen LogP contribution in [0.25, 0.3) is 0 Å². The number of methoxy groups -OCH3 is 1. The molecule has 1 heterocycles. The molecule has 0 bridgehead atoms. The largest absolute Gasteiger partial charge is 0.438 e. The number of rotatable bonds is 5. The summed E-state index contributed by atoms with van der Waals surface area (Å²) >= 11 is 11.8. The smallest absolute Gasteiger partial charge is 0.238 e. The average Bonchev–Trinajstić information content (AvgIpc) is 2.42. The van der Waals surface area contributed by atoms with Crippen LogP contribution in [0, 0.1) is 0 Å². The van der Waals surface area contributed by atoms with Crippen LogP contribution in [0.2, 0.25) is 5.02 Å². The van der Waals surface area contributed by atoms with Gasteiger partial charge in [-0.05, 0) is 29.3 Å². The van der Waals surface area contributed by atoms with Crippen molar-refractivity contribution in [2.24, 2.45) is 0 Å². The van der Waals surface area contributed by atoms with Crippen molar-refractivity contribution in [1.82, 2.24) is 4.98 Å². The Hall–Kier alpha value is -1.29. The molecule has 0 aliphatic carbocycles. The molecule has 0 saturated carbocycles. The third kappa shape index (κ3) is 3.83. The molecule has 0 N–H and O–H groups in total. The quantitative estimate of drug-likeness (QED) is 0.766. The molecular formula is C14H13Cl2NO2. The van der Waals surface area contributed by atoms with E-state index in [0.29, 0.717) is 29.1 Å². The second kappa shape index (κ2) is 6.75. The second-order valence-electron chi connectivity index (χ2n) is 3.95. The Kier molecular flexibility index (Phi) is 5.02. The summed E-state index contributed by atoms with van der Waals surface area (Å²) in [7, 11) is 1.65. The molecular weight excluding hydrogens is 285 g/mol. The van der Waals surface area contributed by atoms with Crippen molar-refractivity contribution < 1.29 is 9.47 Å². The van der Waals surface area contributed by atoms with Crippen LogP contribution >= 0.6 is 23.2 Å². The normalized spacial score (nSPS) is 10.5. The van der Waals surface area contributed by atoms with Crippen LogP contribution in [0.15, 0.2) is 36.5 Å². The van der Waals surface area contributed by atoms with Crippen molar-refractivity contribution in [3.8, 4) is 11.6 Å². The maximum Gasteiger partial charge on any atom is 0.238 e. The van der Waals surface area contributed by atoms with E-state index in [1.807, 2.05) is 24.3 Å². The fraction of sp³-hybridized carbons (Fsp3) is 0.214. The molecule has 0 radical (unpaired) electrons. The van der Waals surface area contributed by atoms with Crippen LogP contribution in [0.5, 0.6) is 11.6 Å². The van der Waals surface area contributed by atoms with Gasteiger partial charge in [-0.15, -0.1) is 11.6 Å². The van der Waals surface area contributed by atoms with E-state index in [1.54, 1.807) is 19.4 Å². The minimum absolute atomic E-state index is 0.366. The number of hydrogen-bond donors (Lipinski definition) is 0. The minimum atomic E-state index is 0.366. The van der Waals surface area contributed by atoms with E-state index in [2.05, 4.69) is 4.98 Å². The molecule has 1 aromatic heterocycles. The molecule has 0 unspecified atom stereocenters. The summed E-state index contributed by atoms with van der Waals surface area (Å²) in [6.07, 6.45) is 1.65. The Morgan fingerprint density at radius 3 is 2.74 bits per heavy atom. The van der Waals surface area contributed by atoms with Crippen LogP contribution in [0.4, 0.5) is 0 Å². The first kappa shape index (κ1) is 14.1. The fourth-order valence-corrected chi connectivity index (χ4v) is 1.96. The highest BCUT2D eigenvalue weighted by Gasteiger charge is 2.06. The molecule has 0 atom stereocenters. The summed E-state index contributed by atoms with van der Waals surface area (Å²) in [5.74, 6) is 1.41. The molecule has 5 heteroatoms. The van der Waals surface area contributed by atoms with Crippen molar-refractivity contribution in [3.63, 3.8) is 0 Å². The Morgan fingerprint density at radius 2 is 2.05 bits per heavy atom. The number of aromatic nitrogens is 1. The third-order valence-electron chi connectivity index (χ3n) is 2.44. The number of ether oxygens (including phenoxy) is 2. The van der Waals surface area contributed by atoms with Gasteiger partial charge in [0.15, 0.2) is 0 Å². The lowest BCUT2D eigenvalue weighted by molar-refractivity contribution is 0.184. The van der Waals surface area contributed by atoms with Crippen molar-refractivity contribution in [1.29, 1.82) is 0 Å². The molecule has 100 valence electrons. The van der Waals surface area contributed by atoms with Crippen LogP contribution in [0.3, 0.4) is 0 Å². The summed E-state index contributed by atoms with van der Waals surface area (Å²) in [5.41, 5.74) is 1.88. The number of halogens is 2. The van der Waals surface area contributed by atoms with E-state index in [0.717, 1.165) is 11.1 Å². The van der Waals surface area contributed by atoms with Gasteiger partial charge in [0.2, 0.25) is 5.88 Å². The zero-order chi connectivity index (χ0) is 13.7. The summed E-state index contributed by atoms with van der Waals surface area (Å²) in [6, 6.07) is 9.33. The lowest BCUT2D eigenvalue weighted by atomic mass is 10.2. The zero-order valence-corrected chi connectivity index (χ0v) is 11.9. The lowest BCUT2D eigenvalue weighted by Gasteiger charge is -2.08. The molecule has 0 amide bonds. The first-order chi connectivity index (χ1) is 9.22. The highest BCUT2D eigenvalue weighted by molar-refractivity contribution is 6.32. The highest BCUT2D eigenvalue weighted by atomic mass is 35.5. The van der Waals surface area contributed by atoms with Crippen molar-refractivity contribution in [2.75, 3.05) is 7.11 Å². The minimum Gasteiger partial charge on any atom is -0.438 e. The van der Waals surface area contributed by atoms with Gasteiger partial charge in [0, 0.05) is 19.2 Å². The molecule has 0 aliphatic rings. The van der Waals surface area contributed by atoms with Gasteiger partial charge >= 0.3 is 0 Å². The number of pyridine rings is 1. The number of nitrogens with zero attached hydrogens (tertiary/aromatic N) is 1. The Morgan fingerprint density at radius 1 is 1.21 bits per heavy atom. The molecule has 0 spiro atoms. The van der Waals surface area contributed by atoms with Crippen LogP contribution < -0.4 is 4.74 Å². The molecule has 2 rings (SSSR count). The molecule has 0 fully saturated rings. The van der Waals surface area contributed by atoms with E-state index in [9.17, 15) is 0 Å². The first-order valence-corrected chi connectivity index (χ1v) is 6.60. The maximum atomic E-state index is 6.09. The molecule has 3 nitrogen and oxygen atoms in total. The molecule has 0 aliphatic heterocycles. The van der Waals surface area contributed by atoms with Crippen LogP contribution in [0.1, 0.15) is 11.1 Å². The third-order valence-corrected chi connectivity index (χ3v) is 3.02. The highest BCUT2D eigenvalue weighted by Crippen LogP contribution is 2.28. The van der Waals surface area contributed by atoms with Gasteiger partial charge in [0.25, 0.3) is 0 Å². The lowest BCUT2D eigenvalue weighted by Crippen LogP contribution is -1.92. The van der Waals surface area contributed by atoms with E-state index >= 15 is 0 Å². The van der Waals surface area contributed by atoms with Crippen LogP contribution in [-0.4, -0.2) is 12.1 Å². The monoisotopic (exact) mass is 297 g/mol. The summed E-state index contributed by atoms with van der Waals surface area (Å²) in [6.45, 7) is 0.531. The standard InChI is InChI=1S/C14H13Cl2NO2/c1-18-9-10-3-2-4-12(5-10)19-14-13(16)6-11(7-15)8-17-14/h2-6,8H,7,9H2,1H3. The predicted octanol–water partition coefficient (Wildman–Crippen LogP) is 4.41. The molecule has 1 aromatic carbocycles. The summed E-state index contributed by atoms with van der Waals surface area (Å²) in [4.78, 5) is 4.15. The first-order valence-electron chi connectivity index (χ1n) is 5.69. The van der Waals surface area contributed by atoms with Gasteiger partial charge in [0.1, 0.15) is 10.8 Å². The van der Waals surface area contributed by atoms with E-state index in [-0.39, 0.29) is 0 Å². The Labute approximate surface area is 122 Å². The van der Waals surface area contributed by atoms with Crippen molar-refractivity contribution in [2.45, 2.75) is 12.5 Å². The topological polar surface area (TPSA) is 31.4 Å². The number of benzene rings is 1. The van der Waals surface area contributed by atoms with Gasteiger partial charge < -0.3 is 9.47 Å². The zero-order valence-electron chi connectivity index (χ0n) is 10.4. The van der Waals surface area contributed by atoms with Gasteiger partial charge in [-0.25, -0.2) is 4.98 Å². The summed E-state index contributed by atoms with van der Waals surface area (Å²) < 4.78 is 10.7. The average molecular weight is 298 g/mol. The van der Waals surface area contributed by atoms with E-state index in [4.69, 9.17) is 32.7 Å². The summed E-state index contributed by atoms with van der Waals surface area (Å²) in [5, 5.41) is 0.440.